The first-order chi connectivity index (χ1) is 16.0. The lowest BCUT2D eigenvalue weighted by atomic mass is 9.71. The van der Waals surface area contributed by atoms with Gasteiger partial charge in [0.15, 0.2) is 0 Å². The number of halogens is 3. The van der Waals surface area contributed by atoms with Crippen molar-refractivity contribution in [3.05, 3.63) is 107 Å². The molecule has 0 saturated carbocycles. The lowest BCUT2D eigenvalue weighted by molar-refractivity contribution is -0.137. The van der Waals surface area contributed by atoms with Gasteiger partial charge in [-0.25, -0.2) is 0 Å². The lowest BCUT2D eigenvalue weighted by Gasteiger charge is -2.52. The van der Waals surface area contributed by atoms with Gasteiger partial charge in [0, 0.05) is 23.7 Å². The van der Waals surface area contributed by atoms with Gasteiger partial charge in [-0.05, 0) is 49.0 Å². The van der Waals surface area contributed by atoms with Gasteiger partial charge in [0.25, 0.3) is 0 Å². The Morgan fingerprint density at radius 1 is 0.788 bits per heavy atom. The highest BCUT2D eigenvalue weighted by molar-refractivity contribution is 5.82. The summed E-state index contributed by atoms with van der Waals surface area (Å²) >= 11 is 0. The Hall–Kier alpha value is -2.92. The van der Waals surface area contributed by atoms with Crippen molar-refractivity contribution in [3.63, 3.8) is 0 Å². The minimum absolute atomic E-state index is 0.0563. The number of alkyl halides is 3. The van der Waals surface area contributed by atoms with Crippen LogP contribution in [-0.4, -0.2) is 36.3 Å². The molecule has 3 fully saturated rings. The molecule has 2 bridgehead atoms. The number of rotatable bonds is 5. The summed E-state index contributed by atoms with van der Waals surface area (Å²) < 4.78 is 40.6. The number of hydrogen-bond donors (Lipinski definition) is 0. The molecule has 6 rings (SSSR count). The van der Waals surface area contributed by atoms with Crippen LogP contribution in [0.4, 0.5) is 13.2 Å². The maximum absolute atomic E-state index is 13.5. The van der Waals surface area contributed by atoms with E-state index in [1.54, 1.807) is 6.07 Å². The van der Waals surface area contributed by atoms with Crippen LogP contribution in [0.3, 0.4) is 0 Å². The first-order valence-electron chi connectivity index (χ1n) is 11.6. The normalized spacial score (nSPS) is 25.1. The van der Waals surface area contributed by atoms with Crippen LogP contribution in [0.1, 0.15) is 41.0 Å². The first kappa shape index (κ1) is 21.9. The van der Waals surface area contributed by atoms with Crippen molar-refractivity contribution in [2.75, 3.05) is 13.1 Å². The van der Waals surface area contributed by atoms with Crippen LogP contribution in [0.15, 0.2) is 89.9 Å². The number of hydrogen-bond acceptors (Lipinski definition) is 2. The highest BCUT2D eigenvalue weighted by Crippen LogP contribution is 2.43. The van der Waals surface area contributed by atoms with Crippen molar-refractivity contribution < 1.29 is 13.2 Å². The molecule has 2 atom stereocenters. The monoisotopic (exact) mass is 448 g/mol. The van der Waals surface area contributed by atoms with Gasteiger partial charge in [-0.1, -0.05) is 78.9 Å². The molecule has 0 amide bonds. The summed E-state index contributed by atoms with van der Waals surface area (Å²) in [6.07, 6.45) is -0.853. The highest BCUT2D eigenvalue weighted by Gasteiger charge is 2.46. The molecule has 2 nitrogen and oxygen atoms in total. The van der Waals surface area contributed by atoms with Crippen molar-refractivity contribution in [2.45, 2.75) is 37.0 Å². The minimum Gasteiger partial charge on any atom is -0.297 e. The second-order valence-corrected chi connectivity index (χ2v) is 9.02. The van der Waals surface area contributed by atoms with Crippen molar-refractivity contribution in [1.82, 2.24) is 4.90 Å². The highest BCUT2D eigenvalue weighted by atomic mass is 19.4. The zero-order valence-electron chi connectivity index (χ0n) is 18.3. The molecule has 3 aromatic carbocycles. The van der Waals surface area contributed by atoms with Crippen molar-refractivity contribution in [1.29, 1.82) is 0 Å². The second-order valence-electron chi connectivity index (χ2n) is 9.02. The summed E-state index contributed by atoms with van der Waals surface area (Å²) in [5.74, 6) is 0.486. The van der Waals surface area contributed by atoms with E-state index in [4.69, 9.17) is 4.99 Å². The number of nitrogens with zero attached hydrogens (tertiary/aromatic N) is 2. The fourth-order valence-corrected chi connectivity index (χ4v) is 5.61. The smallest absolute Gasteiger partial charge is 0.297 e. The molecule has 3 heterocycles. The van der Waals surface area contributed by atoms with Gasteiger partial charge in [-0.2, -0.15) is 13.2 Å². The molecule has 0 N–H and O–H groups in total. The third-order valence-electron chi connectivity index (χ3n) is 7.14. The van der Waals surface area contributed by atoms with Crippen molar-refractivity contribution in [3.8, 4) is 0 Å². The predicted octanol–water partition coefficient (Wildman–Crippen LogP) is 6.42. The summed E-state index contributed by atoms with van der Waals surface area (Å²) in [7, 11) is 0. The molecular weight excluding hydrogens is 421 g/mol. The van der Waals surface area contributed by atoms with Crippen LogP contribution in [0.5, 0.6) is 0 Å². The summed E-state index contributed by atoms with van der Waals surface area (Å²) in [5.41, 5.74) is 1.94. The molecule has 3 saturated heterocycles. The third-order valence-corrected chi connectivity index (χ3v) is 7.14. The Labute approximate surface area is 192 Å². The zero-order valence-corrected chi connectivity index (χ0v) is 18.3. The van der Waals surface area contributed by atoms with Gasteiger partial charge in [-0.15, -0.1) is 0 Å². The van der Waals surface area contributed by atoms with Crippen LogP contribution >= 0.6 is 0 Å². The molecule has 0 aromatic heterocycles. The van der Waals surface area contributed by atoms with Crippen LogP contribution in [0.2, 0.25) is 0 Å². The molecule has 0 radical (unpaired) electrons. The Morgan fingerprint density at radius 2 is 1.33 bits per heavy atom. The fourth-order valence-electron chi connectivity index (χ4n) is 5.61. The van der Waals surface area contributed by atoms with E-state index >= 15 is 0 Å². The molecule has 0 aliphatic carbocycles. The first-order valence-corrected chi connectivity index (χ1v) is 11.6. The van der Waals surface area contributed by atoms with E-state index in [1.165, 1.54) is 29.5 Å². The summed E-state index contributed by atoms with van der Waals surface area (Å²) in [5, 5.41) is 0. The Morgan fingerprint density at radius 3 is 1.91 bits per heavy atom. The molecule has 0 spiro atoms. The fraction of sp³-hybridized carbons (Fsp3) is 0.321. The molecule has 3 aromatic rings. The second kappa shape index (κ2) is 9.14. The van der Waals surface area contributed by atoms with E-state index in [1.807, 2.05) is 12.1 Å². The average Bonchev–Trinajstić information content (AvgIpc) is 2.85. The van der Waals surface area contributed by atoms with Gasteiger partial charge in [0.2, 0.25) is 0 Å². The molecular formula is C28H27F3N2. The standard InChI is InChI=1S/C28H27F3N2/c29-28(30,31)24-14-8-7-13-23(24)19-32-26-22-15-17-33(18-16-22)27(26)25(20-9-3-1-4-10-20)21-11-5-2-6-12-21/h1-14,19,22,25-27H,15-18H2. The number of fused-ring (bicyclic) bond motifs is 3. The quantitative estimate of drug-likeness (QED) is 0.411. The maximum atomic E-state index is 13.5. The van der Waals surface area contributed by atoms with E-state index in [0.717, 1.165) is 32.0 Å². The summed E-state index contributed by atoms with van der Waals surface area (Å²) in [6, 6.07) is 26.6. The van der Waals surface area contributed by atoms with Crippen LogP contribution in [-0.2, 0) is 6.18 Å². The minimum atomic E-state index is -4.40. The lowest BCUT2D eigenvalue weighted by Crippen LogP contribution is -2.59. The van der Waals surface area contributed by atoms with Crippen LogP contribution < -0.4 is 0 Å². The van der Waals surface area contributed by atoms with Gasteiger partial charge in [-0.3, -0.25) is 9.89 Å². The van der Waals surface area contributed by atoms with Gasteiger partial charge in [0.05, 0.1) is 11.6 Å². The van der Waals surface area contributed by atoms with Gasteiger partial charge in [0.1, 0.15) is 0 Å². The zero-order chi connectivity index (χ0) is 22.8. The molecule has 3 aliphatic heterocycles. The van der Waals surface area contributed by atoms with Gasteiger partial charge < -0.3 is 0 Å². The number of piperidine rings is 3. The third kappa shape index (κ3) is 4.47. The van der Waals surface area contributed by atoms with E-state index in [0.29, 0.717) is 5.92 Å². The SMILES string of the molecule is FC(F)(F)c1ccccc1C=NC1C2CCN(CC2)C1C(c1ccccc1)c1ccccc1. The Kier molecular flexibility index (Phi) is 6.07. The van der Waals surface area contributed by atoms with E-state index in [2.05, 4.69) is 53.4 Å². The van der Waals surface area contributed by atoms with Crippen molar-refractivity contribution in [2.24, 2.45) is 10.9 Å². The molecule has 170 valence electrons. The Bertz CT molecular complexity index is 1050. The average molecular weight is 449 g/mol. The van der Waals surface area contributed by atoms with Crippen LogP contribution in [0.25, 0.3) is 0 Å². The Balaban J connectivity index is 1.56. The van der Waals surface area contributed by atoms with E-state index in [9.17, 15) is 13.2 Å². The summed E-state index contributed by atoms with van der Waals surface area (Å²) in [6.45, 7) is 2.02. The summed E-state index contributed by atoms with van der Waals surface area (Å²) in [4.78, 5) is 7.40. The van der Waals surface area contributed by atoms with Crippen molar-refractivity contribution >= 4 is 6.21 Å². The topological polar surface area (TPSA) is 15.6 Å². The molecule has 2 unspecified atom stereocenters. The molecule has 5 heteroatoms. The number of benzene rings is 3. The van der Waals surface area contributed by atoms with E-state index in [-0.39, 0.29) is 23.6 Å². The maximum Gasteiger partial charge on any atom is 0.417 e. The number of aliphatic imine (C=N–C) groups is 1. The molecule has 3 aliphatic rings. The largest absolute Gasteiger partial charge is 0.417 e. The van der Waals surface area contributed by atoms with Gasteiger partial charge >= 0.3 is 6.18 Å². The predicted molar refractivity (Wildman–Crippen MR) is 126 cm³/mol. The van der Waals surface area contributed by atoms with E-state index < -0.39 is 11.7 Å². The van der Waals surface area contributed by atoms with Crippen LogP contribution in [0, 0.1) is 5.92 Å². The molecule has 33 heavy (non-hydrogen) atoms.